The minimum Gasteiger partial charge on any atom is -0.463 e. The van der Waals surface area contributed by atoms with Gasteiger partial charge in [-0.25, -0.2) is 0 Å². The Labute approximate surface area is 146 Å². The Kier molecular flexibility index (Phi) is 11.3. The summed E-state index contributed by atoms with van der Waals surface area (Å²) < 4.78 is 10.4. The number of rotatable bonds is 13. The molecule has 0 aromatic heterocycles. The Balaban J connectivity index is 1.96. The van der Waals surface area contributed by atoms with E-state index in [4.69, 9.17) is 9.47 Å². The van der Waals surface area contributed by atoms with Gasteiger partial charge in [0, 0.05) is 12.3 Å². The second-order valence-electron chi connectivity index (χ2n) is 7.09. The first kappa shape index (κ1) is 21.4. The van der Waals surface area contributed by atoms with Crippen LogP contribution in [-0.2, 0) is 14.3 Å². The number of hydrogen-bond donors (Lipinski definition) is 2. The fraction of sp³-hybridized carbons (Fsp3) is 0.947. The second kappa shape index (κ2) is 12.7. The van der Waals surface area contributed by atoms with Crippen molar-refractivity contribution in [2.24, 2.45) is 5.92 Å². The molecule has 1 heterocycles. The molecule has 5 heteroatoms. The van der Waals surface area contributed by atoms with Gasteiger partial charge >= 0.3 is 5.97 Å². The van der Waals surface area contributed by atoms with Crippen LogP contribution in [0.1, 0.15) is 78.1 Å². The number of aliphatic hydroxyl groups excluding tert-OH is 2. The summed E-state index contributed by atoms with van der Waals surface area (Å²) in [6.07, 6.45) is 8.94. The number of unbranched alkanes of at least 4 members (excludes halogenated alkanes) is 8. The van der Waals surface area contributed by atoms with E-state index >= 15 is 0 Å². The van der Waals surface area contributed by atoms with E-state index in [2.05, 4.69) is 6.92 Å². The molecular formula is C19H36O5. The van der Waals surface area contributed by atoms with Crippen LogP contribution in [0.15, 0.2) is 0 Å². The van der Waals surface area contributed by atoms with Crippen LogP contribution in [0, 0.1) is 5.92 Å². The molecule has 24 heavy (non-hydrogen) atoms. The predicted molar refractivity (Wildman–Crippen MR) is 93.7 cm³/mol. The molecule has 4 atom stereocenters. The van der Waals surface area contributed by atoms with Crippen molar-refractivity contribution in [3.05, 3.63) is 0 Å². The molecule has 0 aliphatic carbocycles. The molecule has 0 spiro atoms. The van der Waals surface area contributed by atoms with Gasteiger partial charge in [0.1, 0.15) is 18.8 Å². The maximum absolute atomic E-state index is 11.7. The average Bonchev–Trinajstić information content (AvgIpc) is 2.90. The van der Waals surface area contributed by atoms with Crippen LogP contribution in [0.5, 0.6) is 0 Å². The zero-order chi connectivity index (χ0) is 17.8. The summed E-state index contributed by atoms with van der Waals surface area (Å²) >= 11 is 0. The highest BCUT2D eigenvalue weighted by Gasteiger charge is 2.38. The van der Waals surface area contributed by atoms with Crippen LogP contribution in [0.2, 0.25) is 0 Å². The molecule has 2 N–H and O–H groups in total. The maximum atomic E-state index is 11.7. The maximum Gasteiger partial charge on any atom is 0.305 e. The number of hydrogen-bond acceptors (Lipinski definition) is 5. The monoisotopic (exact) mass is 344 g/mol. The highest BCUT2D eigenvalue weighted by molar-refractivity contribution is 5.69. The first-order valence-corrected chi connectivity index (χ1v) is 9.69. The van der Waals surface area contributed by atoms with E-state index in [0.29, 0.717) is 13.0 Å². The molecule has 0 amide bonds. The lowest BCUT2D eigenvalue weighted by molar-refractivity contribution is -0.151. The molecule has 1 fully saturated rings. The van der Waals surface area contributed by atoms with E-state index in [1.807, 2.05) is 6.92 Å². The third kappa shape index (κ3) is 8.45. The summed E-state index contributed by atoms with van der Waals surface area (Å²) in [6.45, 7) is 4.41. The van der Waals surface area contributed by atoms with Crippen molar-refractivity contribution in [3.8, 4) is 0 Å². The summed E-state index contributed by atoms with van der Waals surface area (Å²) in [6, 6.07) is 0. The molecule has 1 rings (SSSR count). The average molecular weight is 344 g/mol. The third-order valence-electron chi connectivity index (χ3n) is 4.75. The third-order valence-corrected chi connectivity index (χ3v) is 4.75. The van der Waals surface area contributed by atoms with E-state index in [1.165, 1.54) is 44.9 Å². The van der Waals surface area contributed by atoms with Gasteiger partial charge in [0.15, 0.2) is 0 Å². The molecule has 1 aliphatic heterocycles. The van der Waals surface area contributed by atoms with E-state index < -0.39 is 18.3 Å². The normalized spacial score (nSPS) is 24.9. The largest absolute Gasteiger partial charge is 0.463 e. The number of ether oxygens (including phenoxy) is 2. The SMILES string of the molecule is CCCCCCCCCCCC(=O)OCC(O)C1OCC(C)C1O. The lowest BCUT2D eigenvalue weighted by atomic mass is 10.0. The smallest absolute Gasteiger partial charge is 0.305 e. The number of aliphatic hydroxyl groups is 2. The predicted octanol–water partition coefficient (Wildman–Crippen LogP) is 3.21. The quantitative estimate of drug-likeness (QED) is 0.396. The highest BCUT2D eigenvalue weighted by atomic mass is 16.6. The van der Waals surface area contributed by atoms with Gasteiger partial charge in [0.2, 0.25) is 0 Å². The van der Waals surface area contributed by atoms with Gasteiger partial charge in [-0.2, -0.15) is 0 Å². The Hall–Kier alpha value is -0.650. The van der Waals surface area contributed by atoms with Crippen molar-refractivity contribution in [1.82, 2.24) is 0 Å². The Morgan fingerprint density at radius 1 is 1.12 bits per heavy atom. The van der Waals surface area contributed by atoms with Gasteiger partial charge in [-0.3, -0.25) is 4.79 Å². The van der Waals surface area contributed by atoms with Gasteiger partial charge in [0.05, 0.1) is 12.7 Å². The Morgan fingerprint density at radius 3 is 2.25 bits per heavy atom. The zero-order valence-corrected chi connectivity index (χ0v) is 15.4. The molecule has 142 valence electrons. The van der Waals surface area contributed by atoms with Crippen molar-refractivity contribution in [2.75, 3.05) is 13.2 Å². The standard InChI is InChI=1S/C19H36O5/c1-3-4-5-6-7-8-9-10-11-12-17(21)23-14-16(20)19-18(22)15(2)13-24-19/h15-16,18-20,22H,3-14H2,1-2H3. The van der Waals surface area contributed by atoms with Gasteiger partial charge in [0.25, 0.3) is 0 Å². The van der Waals surface area contributed by atoms with Crippen LogP contribution in [0.3, 0.4) is 0 Å². The molecular weight excluding hydrogens is 308 g/mol. The van der Waals surface area contributed by atoms with Gasteiger partial charge < -0.3 is 19.7 Å². The lowest BCUT2D eigenvalue weighted by Gasteiger charge is -2.21. The van der Waals surface area contributed by atoms with Crippen molar-refractivity contribution >= 4 is 5.97 Å². The molecule has 5 nitrogen and oxygen atoms in total. The van der Waals surface area contributed by atoms with Crippen molar-refractivity contribution in [2.45, 2.75) is 96.4 Å². The topological polar surface area (TPSA) is 76.0 Å². The van der Waals surface area contributed by atoms with Crippen molar-refractivity contribution in [1.29, 1.82) is 0 Å². The Bertz CT molecular complexity index is 334. The summed E-state index contributed by atoms with van der Waals surface area (Å²) in [7, 11) is 0. The van der Waals surface area contributed by atoms with E-state index in [9.17, 15) is 15.0 Å². The highest BCUT2D eigenvalue weighted by Crippen LogP contribution is 2.22. The lowest BCUT2D eigenvalue weighted by Crippen LogP contribution is -2.39. The molecule has 1 saturated heterocycles. The molecule has 0 radical (unpaired) electrons. The summed E-state index contributed by atoms with van der Waals surface area (Å²) in [5.74, 6) is -0.278. The van der Waals surface area contributed by atoms with E-state index in [0.717, 1.165) is 12.8 Å². The van der Waals surface area contributed by atoms with E-state index in [-0.39, 0.29) is 18.5 Å². The fourth-order valence-electron chi connectivity index (χ4n) is 3.05. The molecule has 0 aromatic rings. The minimum atomic E-state index is -0.961. The van der Waals surface area contributed by atoms with Crippen LogP contribution in [-0.4, -0.2) is 47.7 Å². The van der Waals surface area contributed by atoms with Crippen LogP contribution >= 0.6 is 0 Å². The van der Waals surface area contributed by atoms with Crippen molar-refractivity contribution in [3.63, 3.8) is 0 Å². The molecule has 4 unspecified atom stereocenters. The molecule has 0 bridgehead atoms. The molecule has 0 saturated carbocycles. The van der Waals surface area contributed by atoms with Crippen LogP contribution < -0.4 is 0 Å². The summed E-state index contributed by atoms with van der Waals surface area (Å²) in [5.41, 5.74) is 0. The van der Waals surface area contributed by atoms with Crippen LogP contribution in [0.4, 0.5) is 0 Å². The molecule has 1 aliphatic rings. The molecule has 0 aromatic carbocycles. The van der Waals surface area contributed by atoms with Gasteiger partial charge in [-0.05, 0) is 6.42 Å². The summed E-state index contributed by atoms with van der Waals surface area (Å²) in [4.78, 5) is 11.7. The number of carbonyl (C=O) groups excluding carboxylic acids is 1. The van der Waals surface area contributed by atoms with Crippen LogP contribution in [0.25, 0.3) is 0 Å². The Morgan fingerprint density at radius 2 is 1.71 bits per heavy atom. The number of esters is 1. The first-order valence-electron chi connectivity index (χ1n) is 9.69. The first-order chi connectivity index (χ1) is 11.6. The fourth-order valence-corrected chi connectivity index (χ4v) is 3.05. The van der Waals surface area contributed by atoms with Gasteiger partial charge in [-0.1, -0.05) is 65.2 Å². The van der Waals surface area contributed by atoms with Gasteiger partial charge in [-0.15, -0.1) is 0 Å². The zero-order valence-electron chi connectivity index (χ0n) is 15.4. The summed E-state index contributed by atoms with van der Waals surface area (Å²) in [5, 5.41) is 19.8. The second-order valence-corrected chi connectivity index (χ2v) is 7.09. The number of carbonyl (C=O) groups is 1. The van der Waals surface area contributed by atoms with Crippen molar-refractivity contribution < 1.29 is 24.5 Å². The van der Waals surface area contributed by atoms with E-state index in [1.54, 1.807) is 0 Å². The minimum absolute atomic E-state index is 0.00215.